The number of nitrogens with zero attached hydrogens (tertiary/aromatic N) is 1. The highest BCUT2D eigenvalue weighted by atomic mass is 35.5. The van der Waals surface area contributed by atoms with Gasteiger partial charge in [-0.05, 0) is 49.2 Å². The second-order valence-corrected chi connectivity index (χ2v) is 6.32. The van der Waals surface area contributed by atoms with Crippen LogP contribution in [0.2, 0.25) is 5.02 Å². The summed E-state index contributed by atoms with van der Waals surface area (Å²) in [5.74, 6) is 0.291. The van der Waals surface area contributed by atoms with Crippen LogP contribution in [0.5, 0.6) is 0 Å². The Kier molecular flexibility index (Phi) is 3.78. The largest absolute Gasteiger partial charge is 0.263 e. The summed E-state index contributed by atoms with van der Waals surface area (Å²) in [4.78, 5) is 4.13. The van der Waals surface area contributed by atoms with Crippen LogP contribution in [0.3, 0.4) is 0 Å². The molecule has 0 amide bonds. The van der Waals surface area contributed by atoms with Gasteiger partial charge in [-0.1, -0.05) is 17.7 Å². The molecule has 100 valence electrons. The molecule has 2 rings (SSSR count). The van der Waals surface area contributed by atoms with Gasteiger partial charge in [0.2, 0.25) is 0 Å². The van der Waals surface area contributed by atoms with Crippen molar-refractivity contribution in [3.63, 3.8) is 0 Å². The van der Waals surface area contributed by atoms with Crippen molar-refractivity contribution in [3.05, 3.63) is 52.7 Å². The van der Waals surface area contributed by atoms with E-state index in [1.807, 2.05) is 6.92 Å². The Hall–Kier alpha value is -1.59. The van der Waals surface area contributed by atoms with E-state index >= 15 is 0 Å². The molecular formula is C13H13ClN2O2S. The molecule has 0 saturated carbocycles. The molecule has 1 N–H and O–H groups in total. The first-order valence-corrected chi connectivity index (χ1v) is 7.46. The molecule has 6 heteroatoms. The maximum Gasteiger partial charge on any atom is 0.263 e. The van der Waals surface area contributed by atoms with Crippen molar-refractivity contribution < 1.29 is 8.42 Å². The van der Waals surface area contributed by atoms with Crippen LogP contribution in [0.15, 0.2) is 41.4 Å². The summed E-state index contributed by atoms with van der Waals surface area (Å²) in [5, 5.41) is 0.378. The highest BCUT2D eigenvalue weighted by molar-refractivity contribution is 7.92. The van der Waals surface area contributed by atoms with Crippen LogP contribution in [0, 0.1) is 13.8 Å². The number of nitrogens with one attached hydrogen (secondary N) is 1. The molecule has 0 fully saturated rings. The Morgan fingerprint density at radius 3 is 2.58 bits per heavy atom. The van der Waals surface area contributed by atoms with Crippen molar-refractivity contribution in [1.29, 1.82) is 0 Å². The van der Waals surface area contributed by atoms with Crippen molar-refractivity contribution in [3.8, 4) is 0 Å². The van der Waals surface area contributed by atoms with Gasteiger partial charge in [-0.15, -0.1) is 0 Å². The monoisotopic (exact) mass is 296 g/mol. The molecule has 0 aliphatic carbocycles. The number of halogens is 1. The minimum Gasteiger partial charge on any atom is -0.263 e. The van der Waals surface area contributed by atoms with E-state index in [2.05, 4.69) is 9.71 Å². The van der Waals surface area contributed by atoms with Crippen LogP contribution in [0.25, 0.3) is 0 Å². The topological polar surface area (TPSA) is 59.1 Å². The van der Waals surface area contributed by atoms with Crippen LogP contribution < -0.4 is 4.72 Å². The molecule has 0 radical (unpaired) electrons. The van der Waals surface area contributed by atoms with Crippen LogP contribution >= 0.6 is 11.6 Å². The Morgan fingerprint density at radius 1 is 1.16 bits per heavy atom. The lowest BCUT2D eigenvalue weighted by atomic mass is 10.2. The molecule has 19 heavy (non-hydrogen) atoms. The zero-order valence-electron chi connectivity index (χ0n) is 10.5. The van der Waals surface area contributed by atoms with Crippen molar-refractivity contribution >= 4 is 27.4 Å². The lowest BCUT2D eigenvalue weighted by Crippen LogP contribution is -2.15. The van der Waals surface area contributed by atoms with Crippen molar-refractivity contribution in [2.24, 2.45) is 0 Å². The summed E-state index contributed by atoms with van der Waals surface area (Å²) >= 11 is 5.84. The van der Waals surface area contributed by atoms with Crippen molar-refractivity contribution in [2.45, 2.75) is 18.7 Å². The molecule has 0 spiro atoms. The Bertz CT molecular complexity index is 714. The molecule has 1 heterocycles. The van der Waals surface area contributed by atoms with Crippen molar-refractivity contribution in [1.82, 2.24) is 4.98 Å². The number of aryl methyl sites for hydroxylation is 2. The molecule has 1 aromatic heterocycles. The number of rotatable bonds is 3. The Morgan fingerprint density at radius 2 is 1.89 bits per heavy atom. The fraction of sp³-hybridized carbons (Fsp3) is 0.154. The third-order valence-electron chi connectivity index (χ3n) is 2.59. The maximum absolute atomic E-state index is 12.3. The standard InChI is InChI=1S/C13H13ClN2O2S/c1-9-5-6-15-13(7-9)16-19(17,18)12-8-11(14)4-3-10(12)2/h3-8H,1-2H3,(H,15,16). The molecule has 0 atom stereocenters. The van der Waals surface area contributed by atoms with Gasteiger partial charge in [-0.3, -0.25) is 4.72 Å². The zero-order chi connectivity index (χ0) is 14.0. The number of hydrogen-bond donors (Lipinski definition) is 1. The SMILES string of the molecule is Cc1ccnc(NS(=O)(=O)c2cc(Cl)ccc2C)c1. The second-order valence-electron chi connectivity index (χ2n) is 4.23. The third-order valence-corrected chi connectivity index (χ3v) is 4.33. The molecule has 0 bridgehead atoms. The fourth-order valence-electron chi connectivity index (χ4n) is 1.65. The van der Waals surface area contributed by atoms with E-state index in [1.165, 1.54) is 6.07 Å². The first-order chi connectivity index (χ1) is 8.88. The quantitative estimate of drug-likeness (QED) is 0.946. The normalized spacial score (nSPS) is 11.3. The minimum atomic E-state index is -3.68. The molecular weight excluding hydrogens is 284 g/mol. The van der Waals surface area contributed by atoms with Crippen LogP contribution in [0.4, 0.5) is 5.82 Å². The summed E-state index contributed by atoms with van der Waals surface area (Å²) in [6, 6.07) is 8.20. The molecule has 1 aromatic carbocycles. The molecule has 0 unspecified atom stereocenters. The fourth-order valence-corrected chi connectivity index (χ4v) is 3.16. The third kappa shape index (κ3) is 3.24. The van der Waals surface area contributed by atoms with Gasteiger partial charge in [0.25, 0.3) is 10.0 Å². The smallest absolute Gasteiger partial charge is 0.263 e. The van der Waals surface area contributed by atoms with E-state index in [9.17, 15) is 8.42 Å². The lowest BCUT2D eigenvalue weighted by molar-refractivity contribution is 0.600. The summed E-state index contributed by atoms with van der Waals surface area (Å²) in [7, 11) is -3.68. The molecule has 2 aromatic rings. The van der Waals surface area contributed by atoms with E-state index in [0.717, 1.165) is 5.56 Å². The summed E-state index contributed by atoms with van der Waals surface area (Å²) in [5.41, 5.74) is 1.56. The number of hydrogen-bond acceptors (Lipinski definition) is 3. The van der Waals surface area contributed by atoms with Gasteiger partial charge in [0.1, 0.15) is 5.82 Å². The van der Waals surface area contributed by atoms with Gasteiger partial charge in [-0.25, -0.2) is 13.4 Å². The summed E-state index contributed by atoms with van der Waals surface area (Å²) < 4.78 is 27.0. The first kappa shape index (κ1) is 13.8. The number of sulfonamides is 1. The number of pyridine rings is 1. The predicted molar refractivity (Wildman–Crippen MR) is 76.0 cm³/mol. The van der Waals surface area contributed by atoms with Gasteiger partial charge in [-0.2, -0.15) is 0 Å². The van der Waals surface area contributed by atoms with Gasteiger partial charge < -0.3 is 0 Å². The van der Waals surface area contributed by atoms with Crippen molar-refractivity contribution in [2.75, 3.05) is 4.72 Å². The minimum absolute atomic E-state index is 0.156. The number of aromatic nitrogens is 1. The van der Waals surface area contributed by atoms with E-state index in [4.69, 9.17) is 11.6 Å². The first-order valence-electron chi connectivity index (χ1n) is 5.60. The highest BCUT2D eigenvalue weighted by Crippen LogP contribution is 2.22. The lowest BCUT2D eigenvalue weighted by Gasteiger charge is -2.10. The van der Waals surface area contributed by atoms with Crippen LogP contribution in [-0.4, -0.2) is 13.4 Å². The zero-order valence-corrected chi connectivity index (χ0v) is 12.1. The molecule has 4 nitrogen and oxygen atoms in total. The van der Waals surface area contributed by atoms with Crippen LogP contribution in [-0.2, 0) is 10.0 Å². The number of benzene rings is 1. The maximum atomic E-state index is 12.3. The summed E-state index contributed by atoms with van der Waals surface area (Å²) in [6.07, 6.45) is 1.55. The van der Waals surface area contributed by atoms with Crippen LogP contribution in [0.1, 0.15) is 11.1 Å². The average molecular weight is 297 g/mol. The van der Waals surface area contributed by atoms with Gasteiger partial charge in [0, 0.05) is 11.2 Å². The van der Waals surface area contributed by atoms with Gasteiger partial charge >= 0.3 is 0 Å². The summed E-state index contributed by atoms with van der Waals surface area (Å²) in [6.45, 7) is 3.58. The highest BCUT2D eigenvalue weighted by Gasteiger charge is 2.17. The van der Waals surface area contributed by atoms with E-state index < -0.39 is 10.0 Å². The molecule has 0 aliphatic rings. The average Bonchev–Trinajstić information content (AvgIpc) is 2.31. The van der Waals surface area contributed by atoms with E-state index in [1.54, 1.807) is 37.4 Å². The van der Waals surface area contributed by atoms with Gasteiger partial charge in [0.15, 0.2) is 0 Å². The molecule has 0 aliphatic heterocycles. The van der Waals surface area contributed by atoms with E-state index in [0.29, 0.717) is 16.4 Å². The second kappa shape index (κ2) is 5.19. The Labute approximate surface area is 117 Å². The molecule has 0 saturated heterocycles. The van der Waals surface area contributed by atoms with E-state index in [-0.39, 0.29) is 4.90 Å². The number of anilines is 1. The predicted octanol–water partition coefficient (Wildman–Crippen LogP) is 3.15. The Balaban J connectivity index is 2.40. The van der Waals surface area contributed by atoms with Gasteiger partial charge in [0.05, 0.1) is 4.90 Å².